The Morgan fingerprint density at radius 2 is 1.62 bits per heavy atom. The monoisotopic (exact) mass is 399 g/mol. The summed E-state index contributed by atoms with van der Waals surface area (Å²) in [5.74, 6) is 4.57. The highest BCUT2D eigenvalue weighted by Gasteiger charge is 2.28. The summed E-state index contributed by atoms with van der Waals surface area (Å²) < 4.78 is 0. The summed E-state index contributed by atoms with van der Waals surface area (Å²) in [7, 11) is 4.25. The molecule has 2 aliphatic carbocycles. The molecule has 29 heavy (non-hydrogen) atoms. The van der Waals surface area contributed by atoms with Crippen molar-refractivity contribution in [3.05, 3.63) is 18.6 Å². The summed E-state index contributed by atoms with van der Waals surface area (Å²) in [4.78, 5) is 14.3. The molecule has 0 aliphatic heterocycles. The van der Waals surface area contributed by atoms with E-state index < -0.39 is 0 Å². The predicted octanol–water partition coefficient (Wildman–Crippen LogP) is 5.25. The standard InChI is InChI=1S/C15H22N4.C9H19N/c1-10-4-5-12(8-11(10)2)19(3)15-13-6-7-16-14(13)17-9-18-15;1-7-4-5-9(10-3)6-8(7)2/h6-7,9-12H,4-5,8H2,1-3H3,(H,16,17,18);7-10H,4-6H2,1-3H3. The first-order valence-corrected chi connectivity index (χ1v) is 11.6. The van der Waals surface area contributed by atoms with Gasteiger partial charge in [0.1, 0.15) is 17.8 Å². The van der Waals surface area contributed by atoms with Gasteiger partial charge in [-0.05, 0) is 75.3 Å². The van der Waals surface area contributed by atoms with Gasteiger partial charge in [-0.15, -0.1) is 0 Å². The van der Waals surface area contributed by atoms with E-state index in [9.17, 15) is 0 Å². The molecule has 2 aliphatic rings. The van der Waals surface area contributed by atoms with Crippen LogP contribution in [0.3, 0.4) is 0 Å². The van der Waals surface area contributed by atoms with Crippen molar-refractivity contribution in [2.24, 2.45) is 23.7 Å². The highest BCUT2D eigenvalue weighted by Crippen LogP contribution is 2.34. The quantitative estimate of drug-likeness (QED) is 0.740. The molecule has 2 fully saturated rings. The number of nitrogens with one attached hydrogen (secondary N) is 2. The zero-order valence-electron chi connectivity index (χ0n) is 19.3. The summed E-state index contributed by atoms with van der Waals surface area (Å²) in [5, 5.41) is 4.48. The van der Waals surface area contributed by atoms with E-state index in [1.165, 1.54) is 38.5 Å². The molecule has 2 heterocycles. The number of nitrogens with zero attached hydrogens (tertiary/aromatic N) is 3. The fourth-order valence-electron chi connectivity index (χ4n) is 4.99. The normalized spacial score (nSPS) is 32.5. The second-order valence-electron chi connectivity index (χ2n) is 9.72. The van der Waals surface area contributed by atoms with Crippen LogP contribution in [0.1, 0.15) is 66.2 Å². The minimum absolute atomic E-state index is 0.596. The molecule has 0 radical (unpaired) electrons. The third-order valence-electron chi connectivity index (χ3n) is 7.79. The fourth-order valence-corrected chi connectivity index (χ4v) is 4.99. The second kappa shape index (κ2) is 9.92. The third kappa shape index (κ3) is 5.30. The fraction of sp³-hybridized carbons (Fsp3) is 0.750. The van der Waals surface area contributed by atoms with Crippen LogP contribution in [0, 0.1) is 23.7 Å². The molecule has 0 saturated heterocycles. The van der Waals surface area contributed by atoms with Crippen LogP contribution in [0.5, 0.6) is 0 Å². The molecule has 2 N–H and O–H groups in total. The van der Waals surface area contributed by atoms with Gasteiger partial charge in [0.25, 0.3) is 0 Å². The molecule has 5 heteroatoms. The van der Waals surface area contributed by atoms with Crippen molar-refractivity contribution in [1.82, 2.24) is 20.3 Å². The van der Waals surface area contributed by atoms with E-state index in [4.69, 9.17) is 0 Å². The lowest BCUT2D eigenvalue weighted by Crippen LogP contribution is -2.38. The largest absolute Gasteiger partial charge is 0.356 e. The van der Waals surface area contributed by atoms with Crippen molar-refractivity contribution < 1.29 is 0 Å². The van der Waals surface area contributed by atoms with Crippen LogP contribution in [0.15, 0.2) is 18.6 Å². The lowest BCUT2D eigenvalue weighted by Gasteiger charge is -2.38. The molecular weight excluding hydrogens is 358 g/mol. The summed E-state index contributed by atoms with van der Waals surface area (Å²) in [6.07, 6.45) is 11.6. The highest BCUT2D eigenvalue weighted by atomic mass is 15.2. The van der Waals surface area contributed by atoms with Crippen LogP contribution in [-0.2, 0) is 0 Å². The molecule has 5 nitrogen and oxygen atoms in total. The first-order chi connectivity index (χ1) is 13.9. The van der Waals surface area contributed by atoms with Crippen LogP contribution in [-0.4, -0.2) is 41.1 Å². The van der Waals surface area contributed by atoms with E-state index in [1.54, 1.807) is 6.33 Å². The van der Waals surface area contributed by atoms with E-state index in [0.29, 0.717) is 6.04 Å². The van der Waals surface area contributed by atoms with E-state index in [1.807, 2.05) is 6.20 Å². The van der Waals surface area contributed by atoms with Crippen LogP contribution in [0.2, 0.25) is 0 Å². The number of rotatable bonds is 3. The molecule has 2 saturated carbocycles. The smallest absolute Gasteiger partial charge is 0.142 e. The number of hydrogen-bond acceptors (Lipinski definition) is 4. The van der Waals surface area contributed by atoms with Crippen molar-refractivity contribution in [1.29, 1.82) is 0 Å². The Bertz CT molecular complexity index is 757. The number of H-pyrrole nitrogens is 1. The SMILES string of the molecule is CC1CCC(N(C)c2ncnc3[nH]ccc23)CC1C.CNC1CCC(C)C(C)C1. The molecule has 2 aromatic rings. The minimum Gasteiger partial charge on any atom is -0.356 e. The summed E-state index contributed by atoms with van der Waals surface area (Å²) in [6.45, 7) is 9.48. The van der Waals surface area contributed by atoms with Gasteiger partial charge in [0.15, 0.2) is 0 Å². The first kappa shape index (κ1) is 22.1. The highest BCUT2D eigenvalue weighted by molar-refractivity contribution is 5.87. The van der Waals surface area contributed by atoms with Crippen molar-refractivity contribution in [3.8, 4) is 0 Å². The minimum atomic E-state index is 0.596. The number of aromatic amines is 1. The Labute approximate surface area is 177 Å². The van der Waals surface area contributed by atoms with Gasteiger partial charge in [0, 0.05) is 25.3 Å². The van der Waals surface area contributed by atoms with Gasteiger partial charge in [-0.25, -0.2) is 9.97 Å². The maximum absolute atomic E-state index is 4.49. The molecule has 0 bridgehead atoms. The average molecular weight is 400 g/mol. The van der Waals surface area contributed by atoms with Gasteiger partial charge in [-0.2, -0.15) is 0 Å². The Morgan fingerprint density at radius 1 is 0.931 bits per heavy atom. The van der Waals surface area contributed by atoms with Gasteiger partial charge in [0.2, 0.25) is 0 Å². The zero-order chi connectivity index (χ0) is 21.0. The van der Waals surface area contributed by atoms with Crippen LogP contribution in [0.4, 0.5) is 5.82 Å². The van der Waals surface area contributed by atoms with E-state index in [0.717, 1.165) is 46.6 Å². The molecule has 4 rings (SSSR count). The maximum Gasteiger partial charge on any atom is 0.142 e. The summed E-state index contributed by atoms with van der Waals surface area (Å²) >= 11 is 0. The summed E-state index contributed by atoms with van der Waals surface area (Å²) in [5.41, 5.74) is 0.925. The predicted molar refractivity (Wildman–Crippen MR) is 123 cm³/mol. The van der Waals surface area contributed by atoms with Crippen LogP contribution in [0.25, 0.3) is 11.0 Å². The van der Waals surface area contributed by atoms with Gasteiger partial charge >= 0.3 is 0 Å². The molecular formula is C24H41N5. The van der Waals surface area contributed by atoms with Crippen LogP contribution < -0.4 is 10.2 Å². The van der Waals surface area contributed by atoms with Crippen molar-refractivity contribution in [2.75, 3.05) is 19.0 Å². The van der Waals surface area contributed by atoms with E-state index in [2.05, 4.69) is 73.0 Å². The number of anilines is 1. The molecule has 6 atom stereocenters. The number of hydrogen-bond donors (Lipinski definition) is 2. The molecule has 0 spiro atoms. The first-order valence-electron chi connectivity index (χ1n) is 11.6. The van der Waals surface area contributed by atoms with Crippen molar-refractivity contribution in [2.45, 2.75) is 78.3 Å². The Kier molecular flexibility index (Phi) is 7.55. The van der Waals surface area contributed by atoms with Crippen molar-refractivity contribution in [3.63, 3.8) is 0 Å². The molecule has 6 unspecified atom stereocenters. The Morgan fingerprint density at radius 3 is 2.28 bits per heavy atom. The van der Waals surface area contributed by atoms with Gasteiger partial charge in [-0.3, -0.25) is 0 Å². The Balaban J connectivity index is 0.000000204. The number of fused-ring (bicyclic) bond motifs is 1. The Hall–Kier alpha value is -1.62. The van der Waals surface area contributed by atoms with Gasteiger partial charge in [-0.1, -0.05) is 27.7 Å². The van der Waals surface area contributed by atoms with Crippen molar-refractivity contribution >= 4 is 16.9 Å². The third-order valence-corrected chi connectivity index (χ3v) is 7.79. The number of aromatic nitrogens is 3. The maximum atomic E-state index is 4.49. The molecule has 162 valence electrons. The van der Waals surface area contributed by atoms with E-state index in [-0.39, 0.29) is 0 Å². The van der Waals surface area contributed by atoms with E-state index >= 15 is 0 Å². The van der Waals surface area contributed by atoms with Gasteiger partial charge < -0.3 is 15.2 Å². The second-order valence-corrected chi connectivity index (χ2v) is 9.72. The molecule has 0 amide bonds. The lowest BCUT2D eigenvalue weighted by molar-refractivity contribution is 0.233. The molecule has 2 aromatic heterocycles. The van der Waals surface area contributed by atoms with Gasteiger partial charge in [0.05, 0.1) is 5.39 Å². The topological polar surface area (TPSA) is 56.8 Å². The lowest BCUT2D eigenvalue weighted by atomic mass is 9.78. The average Bonchev–Trinajstić information content (AvgIpc) is 3.21. The molecule has 0 aromatic carbocycles. The van der Waals surface area contributed by atoms with Crippen LogP contribution >= 0.6 is 0 Å². The zero-order valence-corrected chi connectivity index (χ0v) is 19.3. The summed E-state index contributed by atoms with van der Waals surface area (Å²) in [6, 6.07) is 3.46.